The number of anilines is 3. The number of carbonyl (C=O) groups excluding carboxylic acids is 1. The summed E-state index contributed by atoms with van der Waals surface area (Å²) in [5.41, 5.74) is 2.62. The normalized spacial score (nSPS) is 21.1. The van der Waals surface area contributed by atoms with Gasteiger partial charge in [-0.05, 0) is 44.0 Å². The van der Waals surface area contributed by atoms with Crippen LogP contribution in [0.2, 0.25) is 10.3 Å². The number of nitrogens with zero attached hydrogens (tertiary/aromatic N) is 3. The van der Waals surface area contributed by atoms with Crippen molar-refractivity contribution in [2.24, 2.45) is 0 Å². The average molecular weight is 525 g/mol. The molecule has 0 spiro atoms. The van der Waals surface area contributed by atoms with E-state index in [9.17, 15) is 9.18 Å². The quantitative estimate of drug-likeness (QED) is 0.323. The molecule has 2 atom stereocenters. The van der Waals surface area contributed by atoms with Crippen LogP contribution in [-0.2, 0) is 0 Å². The number of rotatable bonds is 4. The number of urea groups is 1. The van der Waals surface area contributed by atoms with Crippen LogP contribution in [-0.4, -0.2) is 34.9 Å². The molecule has 0 saturated heterocycles. The Hall–Kier alpha value is -2.94. The second kappa shape index (κ2) is 12.1. The van der Waals surface area contributed by atoms with Gasteiger partial charge >= 0.3 is 6.03 Å². The monoisotopic (exact) mass is 524 g/mol. The van der Waals surface area contributed by atoms with Gasteiger partial charge in [0.2, 0.25) is 0 Å². The third kappa shape index (κ3) is 7.77. The van der Waals surface area contributed by atoms with E-state index in [1.165, 1.54) is 63.1 Å². The van der Waals surface area contributed by atoms with Crippen LogP contribution in [0.3, 0.4) is 0 Å². The smallest absolute Gasteiger partial charge is 0.323 e. The zero-order valence-electron chi connectivity index (χ0n) is 21.8. The molecule has 0 aliphatic heterocycles. The number of fused-ring (bicyclic) bond motifs is 1. The highest BCUT2D eigenvalue weighted by Gasteiger charge is 2.19. The summed E-state index contributed by atoms with van der Waals surface area (Å²) < 4.78 is 13.4. The maximum Gasteiger partial charge on any atom is 0.323 e. The second-order valence-electron chi connectivity index (χ2n) is 10.8. The summed E-state index contributed by atoms with van der Waals surface area (Å²) >= 11 is 5.79. The van der Waals surface area contributed by atoms with Crippen molar-refractivity contribution in [1.82, 2.24) is 15.0 Å². The molecule has 2 aromatic heterocycles. The summed E-state index contributed by atoms with van der Waals surface area (Å²) in [7, 11) is 2.40. The molecule has 1 fully saturated rings. The van der Waals surface area contributed by atoms with Gasteiger partial charge in [-0.1, -0.05) is 68.8 Å². The summed E-state index contributed by atoms with van der Waals surface area (Å²) in [5.74, 6) is 0.181. The summed E-state index contributed by atoms with van der Waals surface area (Å²) in [4.78, 5) is 26.3. The van der Waals surface area contributed by atoms with Gasteiger partial charge in [-0.2, -0.15) is 0 Å². The van der Waals surface area contributed by atoms with Crippen molar-refractivity contribution in [3.05, 3.63) is 47.0 Å². The van der Waals surface area contributed by atoms with Gasteiger partial charge < -0.3 is 16.0 Å². The second-order valence-corrected chi connectivity index (χ2v) is 11.2. The highest BCUT2D eigenvalue weighted by Crippen LogP contribution is 2.35. The molecule has 3 N–H and O–H groups in total. The maximum absolute atomic E-state index is 13.4. The van der Waals surface area contributed by atoms with Crippen LogP contribution in [0.5, 0.6) is 0 Å². The summed E-state index contributed by atoms with van der Waals surface area (Å²) in [6, 6.07) is 5.62. The number of pyridine rings is 1. The number of hydrogen-bond acceptors (Lipinski definition) is 5. The number of benzene rings is 1. The van der Waals surface area contributed by atoms with Crippen molar-refractivity contribution in [1.29, 1.82) is 0 Å². The molecule has 2 amide bonds. The van der Waals surface area contributed by atoms with E-state index < -0.39 is 11.8 Å². The first kappa shape index (κ1) is 27.1. The van der Waals surface area contributed by atoms with Crippen LogP contribution < -0.4 is 16.0 Å². The molecule has 7 nitrogen and oxygen atoms in total. The Morgan fingerprint density at radius 1 is 1.08 bits per heavy atom. The number of nitrogens with one attached hydrogen (secondary N) is 3. The largest absolute Gasteiger partial charge is 0.366 e. The molecule has 3 aromatic rings. The van der Waals surface area contributed by atoms with Gasteiger partial charge in [0.1, 0.15) is 25.0 Å². The zero-order valence-corrected chi connectivity index (χ0v) is 22.6. The number of halogens is 2. The lowest BCUT2D eigenvalue weighted by Crippen LogP contribution is -2.21. The Bertz CT molecular complexity index is 1260. The van der Waals surface area contributed by atoms with E-state index in [1.54, 1.807) is 19.2 Å². The molecule has 37 heavy (non-hydrogen) atoms. The maximum atomic E-state index is 13.4. The number of hydrogen-bond donors (Lipinski definition) is 3. The first-order chi connectivity index (χ1) is 17.7. The van der Waals surface area contributed by atoms with E-state index in [1.807, 2.05) is 0 Å². The van der Waals surface area contributed by atoms with Crippen LogP contribution in [0.25, 0.3) is 11.2 Å². The van der Waals surface area contributed by atoms with Crippen molar-refractivity contribution in [2.75, 3.05) is 16.0 Å². The van der Waals surface area contributed by atoms with Crippen molar-refractivity contribution < 1.29 is 9.18 Å². The fourth-order valence-corrected chi connectivity index (χ4v) is 5.06. The minimum absolute atomic E-state index is 0.0639. The molecular formula is C27H35BClFN6O. The summed E-state index contributed by atoms with van der Waals surface area (Å²) in [6.07, 6.45) is 12.8. The summed E-state index contributed by atoms with van der Waals surface area (Å²) in [5, 5.41) is 9.39. The molecule has 0 bridgehead atoms. The van der Waals surface area contributed by atoms with E-state index in [0.717, 1.165) is 18.7 Å². The van der Waals surface area contributed by atoms with Crippen LogP contribution in [0.15, 0.2) is 30.5 Å². The van der Waals surface area contributed by atoms with Gasteiger partial charge in [-0.25, -0.2) is 24.1 Å². The topological polar surface area (TPSA) is 91.8 Å². The standard InChI is InChI=1S/C27H35BClFN6O/c1-17-22(35-26(37)34-19-10-11-21(30)20(29)14-19)15-23-25(32-17)36-24(16-31-23)33-18-8-4-3-6-12-27(2,28)13-7-5-9-18/h10-11,14-16,18H,3-9,12-13,28H2,1-2H3,(H,32,33,36)(H2,34,35,37). The van der Waals surface area contributed by atoms with Crippen LogP contribution in [0.1, 0.15) is 70.4 Å². The van der Waals surface area contributed by atoms with Crippen molar-refractivity contribution >= 4 is 53.8 Å². The van der Waals surface area contributed by atoms with E-state index in [2.05, 4.69) is 40.7 Å². The molecule has 0 radical (unpaired) electrons. The number of amides is 2. The van der Waals surface area contributed by atoms with Crippen LogP contribution in [0.4, 0.5) is 26.4 Å². The highest BCUT2D eigenvalue weighted by atomic mass is 35.5. The molecule has 2 heterocycles. The molecular weight excluding hydrogens is 490 g/mol. The Morgan fingerprint density at radius 2 is 1.81 bits per heavy atom. The molecule has 4 rings (SSSR count). The molecule has 1 aliphatic rings. The molecule has 1 saturated carbocycles. The first-order valence-electron chi connectivity index (χ1n) is 13.1. The van der Waals surface area contributed by atoms with E-state index in [-0.39, 0.29) is 5.02 Å². The SMILES string of the molecule is BC1(C)CCCCCC(Nc2cnc3cc(NC(=O)Nc4ccc(F)c(Cl)c4)c(C)nc3n2)CCCC1. The van der Waals surface area contributed by atoms with Crippen molar-refractivity contribution in [3.8, 4) is 0 Å². The van der Waals surface area contributed by atoms with Gasteiger partial charge in [-0.3, -0.25) is 0 Å². The van der Waals surface area contributed by atoms with Crippen LogP contribution in [0, 0.1) is 12.7 Å². The molecule has 196 valence electrons. The predicted octanol–water partition coefficient (Wildman–Crippen LogP) is 6.89. The fraction of sp³-hybridized carbons (Fsp3) is 0.481. The third-order valence-corrected chi connectivity index (χ3v) is 7.36. The van der Waals surface area contributed by atoms with Crippen LogP contribution >= 0.6 is 11.6 Å². The minimum Gasteiger partial charge on any atom is -0.366 e. The number of aryl methyl sites for hydroxylation is 1. The Morgan fingerprint density at radius 3 is 2.57 bits per heavy atom. The lowest BCUT2D eigenvalue weighted by atomic mass is 9.64. The van der Waals surface area contributed by atoms with Gasteiger partial charge in [0.25, 0.3) is 0 Å². The summed E-state index contributed by atoms with van der Waals surface area (Å²) in [6.45, 7) is 4.20. The van der Waals surface area contributed by atoms with Gasteiger partial charge in [0.15, 0.2) is 5.65 Å². The molecule has 2 unspecified atom stereocenters. The fourth-order valence-electron chi connectivity index (χ4n) is 4.88. The predicted molar refractivity (Wildman–Crippen MR) is 152 cm³/mol. The third-order valence-electron chi connectivity index (χ3n) is 7.07. The lowest BCUT2D eigenvalue weighted by Gasteiger charge is -2.24. The zero-order chi connectivity index (χ0) is 26.4. The Labute approximate surface area is 223 Å². The van der Waals surface area contributed by atoms with E-state index in [0.29, 0.717) is 39.6 Å². The molecule has 1 aliphatic carbocycles. The molecule has 10 heteroatoms. The first-order valence-corrected chi connectivity index (χ1v) is 13.5. The Kier molecular flexibility index (Phi) is 8.85. The van der Waals surface area contributed by atoms with Gasteiger partial charge in [0.05, 0.1) is 22.6 Å². The molecule has 1 aromatic carbocycles. The highest BCUT2D eigenvalue weighted by molar-refractivity contribution is 6.31. The lowest BCUT2D eigenvalue weighted by molar-refractivity contribution is 0.262. The van der Waals surface area contributed by atoms with E-state index in [4.69, 9.17) is 16.6 Å². The number of aromatic nitrogens is 3. The Balaban J connectivity index is 1.41. The van der Waals surface area contributed by atoms with Crippen molar-refractivity contribution in [2.45, 2.75) is 83.0 Å². The minimum atomic E-state index is -0.547. The van der Waals surface area contributed by atoms with Gasteiger partial charge in [0, 0.05) is 11.7 Å². The average Bonchev–Trinajstić information content (AvgIpc) is 2.87. The van der Waals surface area contributed by atoms with Gasteiger partial charge in [-0.15, -0.1) is 0 Å². The number of carbonyl (C=O) groups is 1. The van der Waals surface area contributed by atoms with E-state index >= 15 is 0 Å². The van der Waals surface area contributed by atoms with Crippen molar-refractivity contribution in [3.63, 3.8) is 0 Å².